The smallest absolute Gasteiger partial charge is 0.174 e. The average Bonchev–Trinajstić information content (AvgIpc) is 2.25. The van der Waals surface area contributed by atoms with Gasteiger partial charge in [-0.3, -0.25) is 0 Å². The number of hydrogen-bond donors (Lipinski definition) is 1. The molecule has 0 atom stereocenters. The quantitative estimate of drug-likeness (QED) is 0.812. The molecule has 0 radical (unpaired) electrons. The van der Waals surface area contributed by atoms with Crippen LogP contribution in [0.5, 0.6) is 5.75 Å². The molecule has 0 unspecified atom stereocenters. The number of rotatable bonds is 2. The summed E-state index contributed by atoms with van der Waals surface area (Å²) >= 11 is 5.21. The van der Waals surface area contributed by atoms with Gasteiger partial charge in [0.15, 0.2) is 11.5 Å². The molecule has 0 saturated carbocycles. The highest BCUT2D eigenvalue weighted by Crippen LogP contribution is 2.28. The summed E-state index contributed by atoms with van der Waals surface area (Å²) in [4.78, 5) is 1.92. The third-order valence-electron chi connectivity index (χ3n) is 2.30. The van der Waals surface area contributed by atoms with Crippen molar-refractivity contribution in [2.75, 3.05) is 14.1 Å². The highest BCUT2D eigenvalue weighted by atomic mass is 32.1. The van der Waals surface area contributed by atoms with Crippen LogP contribution in [0.4, 0.5) is 0 Å². The van der Waals surface area contributed by atoms with Gasteiger partial charge in [-0.2, -0.15) is 0 Å². The molecule has 0 aliphatic heterocycles. The predicted molar refractivity (Wildman–Crippen MR) is 66.1 cm³/mol. The summed E-state index contributed by atoms with van der Waals surface area (Å²) in [5, 5.41) is 10.7. The van der Waals surface area contributed by atoms with Gasteiger partial charge in [-0.25, -0.2) is 0 Å². The molecule has 0 aliphatic rings. The maximum absolute atomic E-state index is 9.92. The van der Waals surface area contributed by atoms with Crippen LogP contribution < -0.4 is 0 Å². The van der Waals surface area contributed by atoms with E-state index in [9.17, 15) is 5.11 Å². The molecule has 84 valence electrons. The van der Waals surface area contributed by atoms with Gasteiger partial charge in [-0.05, 0) is 26.2 Å². The van der Waals surface area contributed by atoms with Crippen molar-refractivity contribution in [3.05, 3.63) is 34.5 Å². The van der Waals surface area contributed by atoms with Crippen LogP contribution in [0, 0.1) is 4.51 Å². The Morgan fingerprint density at radius 2 is 2.00 bits per heavy atom. The van der Waals surface area contributed by atoms with E-state index in [0.29, 0.717) is 22.4 Å². The van der Waals surface area contributed by atoms with Crippen LogP contribution >= 0.6 is 12.2 Å². The number of para-hydroxylation sites is 1. The molecule has 0 saturated heterocycles. The van der Waals surface area contributed by atoms with Crippen LogP contribution in [0.1, 0.15) is 5.76 Å². The van der Waals surface area contributed by atoms with Gasteiger partial charge >= 0.3 is 0 Å². The third-order valence-corrected chi connectivity index (χ3v) is 2.72. The Morgan fingerprint density at radius 3 is 2.69 bits per heavy atom. The van der Waals surface area contributed by atoms with E-state index in [0.717, 1.165) is 5.39 Å². The van der Waals surface area contributed by atoms with E-state index < -0.39 is 0 Å². The van der Waals surface area contributed by atoms with E-state index in [-0.39, 0.29) is 5.75 Å². The van der Waals surface area contributed by atoms with Crippen molar-refractivity contribution in [3.63, 3.8) is 0 Å². The molecular weight excluding hydrogens is 222 g/mol. The zero-order valence-corrected chi connectivity index (χ0v) is 10.0. The molecule has 1 aromatic carbocycles. The first-order chi connectivity index (χ1) is 7.59. The van der Waals surface area contributed by atoms with Gasteiger partial charge in [0.25, 0.3) is 0 Å². The fraction of sp³-hybridized carbons (Fsp3) is 0.250. The van der Waals surface area contributed by atoms with Crippen molar-refractivity contribution in [1.29, 1.82) is 0 Å². The molecular formula is C12H13NO2S. The topological polar surface area (TPSA) is 36.6 Å². The maximum atomic E-state index is 9.92. The van der Waals surface area contributed by atoms with Crippen LogP contribution in [-0.2, 0) is 6.54 Å². The van der Waals surface area contributed by atoms with Crippen molar-refractivity contribution < 1.29 is 9.52 Å². The lowest BCUT2D eigenvalue weighted by molar-refractivity contribution is 0.331. The summed E-state index contributed by atoms with van der Waals surface area (Å²) in [7, 11) is 3.82. The maximum Gasteiger partial charge on any atom is 0.174 e. The second-order valence-electron chi connectivity index (χ2n) is 3.94. The Labute approximate surface area is 98.9 Å². The summed E-state index contributed by atoms with van der Waals surface area (Å²) < 4.78 is 6.08. The van der Waals surface area contributed by atoms with Gasteiger partial charge in [0.1, 0.15) is 5.58 Å². The van der Waals surface area contributed by atoms with Gasteiger partial charge < -0.3 is 14.4 Å². The molecule has 1 heterocycles. The molecule has 2 rings (SSSR count). The minimum Gasteiger partial charge on any atom is -0.503 e. The van der Waals surface area contributed by atoms with E-state index in [2.05, 4.69) is 0 Å². The fourth-order valence-electron chi connectivity index (χ4n) is 1.57. The first-order valence-electron chi connectivity index (χ1n) is 4.98. The fourth-order valence-corrected chi connectivity index (χ4v) is 1.86. The molecule has 3 nitrogen and oxygen atoms in total. The summed E-state index contributed by atoms with van der Waals surface area (Å²) in [6, 6.07) is 7.46. The Morgan fingerprint density at radius 1 is 1.31 bits per heavy atom. The monoisotopic (exact) mass is 235 g/mol. The molecule has 4 heteroatoms. The van der Waals surface area contributed by atoms with Gasteiger partial charge in [-0.1, -0.05) is 24.4 Å². The van der Waals surface area contributed by atoms with E-state index in [1.165, 1.54) is 0 Å². The normalized spacial score (nSPS) is 11.2. The largest absolute Gasteiger partial charge is 0.503 e. The molecule has 0 amide bonds. The van der Waals surface area contributed by atoms with Crippen LogP contribution in [0.2, 0.25) is 0 Å². The highest BCUT2D eigenvalue weighted by molar-refractivity contribution is 7.71. The molecule has 0 aliphatic carbocycles. The van der Waals surface area contributed by atoms with E-state index in [1.54, 1.807) is 0 Å². The Kier molecular flexibility index (Phi) is 2.94. The van der Waals surface area contributed by atoms with Gasteiger partial charge in [0.05, 0.1) is 11.1 Å². The summed E-state index contributed by atoms with van der Waals surface area (Å²) in [6.07, 6.45) is 0. The van der Waals surface area contributed by atoms with Gasteiger partial charge in [-0.15, -0.1) is 0 Å². The van der Waals surface area contributed by atoms with Gasteiger partial charge in [0, 0.05) is 5.39 Å². The van der Waals surface area contributed by atoms with Crippen molar-refractivity contribution in [1.82, 2.24) is 4.90 Å². The number of hydrogen-bond acceptors (Lipinski definition) is 4. The number of nitrogens with zero attached hydrogens (tertiary/aromatic N) is 1. The average molecular weight is 235 g/mol. The first kappa shape index (κ1) is 11.1. The molecule has 0 spiro atoms. The summed E-state index contributed by atoms with van der Waals surface area (Å²) in [6.45, 7) is 0.528. The first-order valence-corrected chi connectivity index (χ1v) is 5.39. The van der Waals surface area contributed by atoms with Crippen molar-refractivity contribution in [2.24, 2.45) is 0 Å². The summed E-state index contributed by atoms with van der Waals surface area (Å²) in [5.74, 6) is 0.580. The minimum absolute atomic E-state index is 0.0717. The Hall–Kier alpha value is -1.39. The lowest BCUT2D eigenvalue weighted by atomic mass is 10.2. The lowest BCUT2D eigenvalue weighted by Gasteiger charge is -2.11. The Balaban J connectivity index is 2.69. The third kappa shape index (κ3) is 1.94. The molecule has 16 heavy (non-hydrogen) atoms. The van der Waals surface area contributed by atoms with Gasteiger partial charge in [0.2, 0.25) is 0 Å². The molecule has 0 bridgehead atoms. The van der Waals surface area contributed by atoms with E-state index >= 15 is 0 Å². The molecule has 1 aromatic heterocycles. The SMILES string of the molecule is CN(C)Cc1oc2ccccc2c(=S)c1O. The van der Waals surface area contributed by atoms with Crippen molar-refractivity contribution >= 4 is 23.2 Å². The standard InChI is InChI=1S/C12H13NO2S/c1-13(2)7-10-11(14)12(16)8-5-3-4-6-9(8)15-10/h3-6,14H,7H2,1-2H3. The number of benzene rings is 1. The zero-order chi connectivity index (χ0) is 11.7. The molecule has 0 fully saturated rings. The van der Waals surface area contributed by atoms with E-state index in [1.807, 2.05) is 43.3 Å². The van der Waals surface area contributed by atoms with Crippen LogP contribution in [-0.4, -0.2) is 24.1 Å². The van der Waals surface area contributed by atoms with Crippen LogP contribution in [0.3, 0.4) is 0 Å². The highest BCUT2D eigenvalue weighted by Gasteiger charge is 2.10. The van der Waals surface area contributed by atoms with E-state index in [4.69, 9.17) is 16.6 Å². The van der Waals surface area contributed by atoms with Crippen LogP contribution in [0.15, 0.2) is 28.7 Å². The zero-order valence-electron chi connectivity index (χ0n) is 9.23. The predicted octanol–water partition coefficient (Wildman–Crippen LogP) is 2.93. The summed E-state index contributed by atoms with van der Waals surface area (Å²) in [5.41, 5.74) is 0.710. The minimum atomic E-state index is 0.0717. The van der Waals surface area contributed by atoms with Crippen molar-refractivity contribution in [2.45, 2.75) is 6.54 Å². The second kappa shape index (κ2) is 4.23. The lowest BCUT2D eigenvalue weighted by Crippen LogP contribution is -2.10. The number of fused-ring (bicyclic) bond motifs is 1. The Bertz CT molecular complexity index is 575. The number of aromatic hydroxyl groups is 1. The van der Waals surface area contributed by atoms with Crippen LogP contribution in [0.25, 0.3) is 11.0 Å². The molecule has 1 N–H and O–H groups in total. The van der Waals surface area contributed by atoms with Crippen molar-refractivity contribution in [3.8, 4) is 5.75 Å². The second-order valence-corrected chi connectivity index (χ2v) is 4.35. The molecule has 2 aromatic rings.